The molecule has 0 aliphatic carbocycles. The maximum atomic E-state index is 11.1. The number of carboxylic acids is 1. The average molecular weight is 290 g/mol. The van der Waals surface area contributed by atoms with Crippen molar-refractivity contribution in [2.75, 3.05) is 5.88 Å². The highest BCUT2D eigenvalue weighted by Gasteiger charge is 2.19. The first-order valence-electron chi connectivity index (χ1n) is 4.81. The van der Waals surface area contributed by atoms with Crippen LogP contribution in [0.3, 0.4) is 0 Å². The Morgan fingerprint density at radius 1 is 1.28 bits per heavy atom. The van der Waals surface area contributed by atoms with E-state index in [-0.39, 0.29) is 6.61 Å². The van der Waals surface area contributed by atoms with Crippen molar-refractivity contribution in [1.82, 2.24) is 0 Å². The van der Waals surface area contributed by atoms with Gasteiger partial charge in [-0.15, -0.1) is 11.6 Å². The fourth-order valence-corrected chi connectivity index (χ4v) is 1.28. The number of carboxylic acid groups (broad SMARTS) is 1. The second kappa shape index (κ2) is 6.98. The highest BCUT2D eigenvalue weighted by Crippen LogP contribution is 2.10. The number of hydrogen-bond donors (Lipinski definition) is 1. The average Bonchev–Trinajstić information content (AvgIpc) is 2.35. The largest absolute Gasteiger partial charge is 0.476 e. The van der Waals surface area contributed by atoms with Gasteiger partial charge in [-0.1, -0.05) is 28.9 Å². The first-order valence-corrected chi connectivity index (χ1v) is 5.72. The van der Waals surface area contributed by atoms with Crippen molar-refractivity contribution in [2.45, 2.75) is 6.61 Å². The van der Waals surface area contributed by atoms with Gasteiger partial charge in [0.05, 0.1) is 5.88 Å². The van der Waals surface area contributed by atoms with E-state index in [1.165, 1.54) is 0 Å². The third-order valence-corrected chi connectivity index (χ3v) is 2.38. The van der Waals surface area contributed by atoms with E-state index < -0.39 is 23.3 Å². The Morgan fingerprint density at radius 3 is 2.39 bits per heavy atom. The van der Waals surface area contributed by atoms with E-state index in [1.54, 1.807) is 24.3 Å². The van der Waals surface area contributed by atoms with Crippen LogP contribution in [0.4, 0.5) is 0 Å². The van der Waals surface area contributed by atoms with Gasteiger partial charge in [-0.25, -0.2) is 4.79 Å². The number of halogens is 2. The summed E-state index contributed by atoms with van der Waals surface area (Å²) in [6, 6.07) is 6.71. The fourth-order valence-electron chi connectivity index (χ4n) is 1.02. The summed E-state index contributed by atoms with van der Waals surface area (Å²) < 4.78 is 0. The first-order chi connectivity index (χ1) is 8.54. The van der Waals surface area contributed by atoms with Crippen molar-refractivity contribution in [3.8, 4) is 0 Å². The standard InChI is InChI=1S/C11H9Cl2NO4/c12-5-9(15)10(11(16)17)14-18-6-7-1-3-8(13)4-2-7/h1-4H,5-6H2,(H,16,17). The zero-order chi connectivity index (χ0) is 13.5. The number of aliphatic carboxylic acids is 1. The minimum absolute atomic E-state index is 0.0313. The number of alkyl halides is 1. The summed E-state index contributed by atoms with van der Waals surface area (Å²) in [5.41, 5.74) is 0.0187. The summed E-state index contributed by atoms with van der Waals surface area (Å²) >= 11 is 10.9. The molecule has 0 aromatic heterocycles. The van der Waals surface area contributed by atoms with E-state index in [4.69, 9.17) is 33.1 Å². The third kappa shape index (κ3) is 4.35. The highest BCUT2D eigenvalue weighted by atomic mass is 35.5. The fraction of sp³-hybridized carbons (Fsp3) is 0.182. The van der Waals surface area contributed by atoms with Gasteiger partial charge in [0.25, 0.3) is 0 Å². The van der Waals surface area contributed by atoms with Crippen LogP contribution in [0.15, 0.2) is 29.4 Å². The Hall–Kier alpha value is -1.59. The van der Waals surface area contributed by atoms with Crippen LogP contribution in [0.1, 0.15) is 5.56 Å². The molecule has 0 aliphatic heterocycles. The number of nitrogens with zero attached hydrogens (tertiary/aromatic N) is 1. The number of oxime groups is 1. The van der Waals surface area contributed by atoms with Crippen molar-refractivity contribution in [1.29, 1.82) is 0 Å². The maximum Gasteiger partial charge on any atom is 0.361 e. The lowest BCUT2D eigenvalue weighted by molar-refractivity contribution is -0.130. The van der Waals surface area contributed by atoms with Crippen LogP contribution in [-0.2, 0) is 21.0 Å². The van der Waals surface area contributed by atoms with Crippen LogP contribution < -0.4 is 0 Å². The quantitative estimate of drug-likeness (QED) is 0.377. The number of hydrogen-bond acceptors (Lipinski definition) is 4. The molecule has 18 heavy (non-hydrogen) atoms. The van der Waals surface area contributed by atoms with Crippen molar-refractivity contribution in [3.63, 3.8) is 0 Å². The molecule has 0 fully saturated rings. The molecule has 1 aromatic rings. The smallest absolute Gasteiger partial charge is 0.361 e. The number of Topliss-reactive ketones (excluding diaryl/α,β-unsaturated/α-hetero) is 1. The van der Waals surface area contributed by atoms with Gasteiger partial charge in [-0.3, -0.25) is 4.79 Å². The highest BCUT2D eigenvalue weighted by molar-refractivity contribution is 6.67. The van der Waals surface area contributed by atoms with E-state index in [1.807, 2.05) is 0 Å². The zero-order valence-corrected chi connectivity index (χ0v) is 10.6. The first kappa shape index (κ1) is 14.5. The van der Waals surface area contributed by atoms with E-state index >= 15 is 0 Å². The second-order valence-corrected chi connectivity index (χ2v) is 3.91. The van der Waals surface area contributed by atoms with Gasteiger partial charge in [-0.2, -0.15) is 0 Å². The predicted molar refractivity (Wildman–Crippen MR) is 67.0 cm³/mol. The summed E-state index contributed by atoms with van der Waals surface area (Å²) in [7, 11) is 0. The van der Waals surface area contributed by atoms with Crippen molar-refractivity contribution in [3.05, 3.63) is 34.9 Å². The molecule has 5 nitrogen and oxygen atoms in total. The summed E-state index contributed by atoms with van der Waals surface area (Å²) in [4.78, 5) is 26.6. The monoisotopic (exact) mass is 289 g/mol. The van der Waals surface area contributed by atoms with Crippen LogP contribution in [-0.4, -0.2) is 28.5 Å². The molecular weight excluding hydrogens is 281 g/mol. The topological polar surface area (TPSA) is 76.0 Å². The van der Waals surface area contributed by atoms with Gasteiger partial charge >= 0.3 is 5.97 Å². The number of carbonyl (C=O) groups excluding carboxylic acids is 1. The number of carbonyl (C=O) groups is 2. The molecule has 0 amide bonds. The molecule has 0 bridgehead atoms. The van der Waals surface area contributed by atoms with E-state index in [0.717, 1.165) is 5.56 Å². The molecule has 0 saturated heterocycles. The molecule has 0 aliphatic rings. The normalized spacial score (nSPS) is 11.1. The van der Waals surface area contributed by atoms with Crippen LogP contribution in [0.25, 0.3) is 0 Å². The second-order valence-electron chi connectivity index (χ2n) is 3.20. The van der Waals surface area contributed by atoms with E-state index in [9.17, 15) is 9.59 Å². The van der Waals surface area contributed by atoms with Gasteiger partial charge in [0.15, 0.2) is 0 Å². The lowest BCUT2D eigenvalue weighted by Crippen LogP contribution is -2.25. The molecule has 1 rings (SSSR count). The summed E-state index contributed by atoms with van der Waals surface area (Å²) in [6.45, 7) is 0.0313. The lowest BCUT2D eigenvalue weighted by Gasteiger charge is -2.01. The Balaban J connectivity index is 2.64. The van der Waals surface area contributed by atoms with Crippen molar-refractivity contribution in [2.24, 2.45) is 5.16 Å². The summed E-state index contributed by atoms with van der Waals surface area (Å²) in [5.74, 6) is -2.74. The Kier molecular flexibility index (Phi) is 5.61. The van der Waals surface area contributed by atoms with Crippen LogP contribution >= 0.6 is 23.2 Å². The molecule has 0 heterocycles. The number of ketones is 1. The van der Waals surface area contributed by atoms with Crippen molar-refractivity contribution < 1.29 is 19.5 Å². The molecule has 0 radical (unpaired) electrons. The molecule has 0 unspecified atom stereocenters. The molecule has 0 saturated carbocycles. The minimum Gasteiger partial charge on any atom is -0.476 e. The van der Waals surface area contributed by atoms with Crippen LogP contribution in [0.2, 0.25) is 5.02 Å². The Bertz CT molecular complexity index is 470. The molecule has 7 heteroatoms. The SMILES string of the molecule is O=C(O)C(=NOCc1ccc(Cl)cc1)C(=O)CCl. The van der Waals surface area contributed by atoms with Crippen LogP contribution in [0.5, 0.6) is 0 Å². The lowest BCUT2D eigenvalue weighted by atomic mass is 10.2. The molecule has 1 N–H and O–H groups in total. The summed E-state index contributed by atoms with van der Waals surface area (Å²) in [5, 5.41) is 12.5. The van der Waals surface area contributed by atoms with Gasteiger partial charge in [0.2, 0.25) is 11.5 Å². The molecular formula is C11H9Cl2NO4. The van der Waals surface area contributed by atoms with E-state index in [2.05, 4.69) is 5.16 Å². The van der Waals surface area contributed by atoms with Gasteiger partial charge in [0, 0.05) is 5.02 Å². The third-order valence-electron chi connectivity index (χ3n) is 1.89. The molecule has 96 valence electrons. The number of rotatable bonds is 6. The van der Waals surface area contributed by atoms with Crippen LogP contribution in [0, 0.1) is 0 Å². The maximum absolute atomic E-state index is 11.1. The molecule has 0 spiro atoms. The summed E-state index contributed by atoms with van der Waals surface area (Å²) in [6.07, 6.45) is 0. The molecule has 1 aromatic carbocycles. The minimum atomic E-state index is -1.48. The molecule has 0 atom stereocenters. The number of benzene rings is 1. The van der Waals surface area contributed by atoms with Gasteiger partial charge in [0.1, 0.15) is 6.61 Å². The van der Waals surface area contributed by atoms with E-state index in [0.29, 0.717) is 5.02 Å². The zero-order valence-electron chi connectivity index (χ0n) is 9.10. The van der Waals surface area contributed by atoms with Gasteiger partial charge < -0.3 is 9.94 Å². The Morgan fingerprint density at radius 2 is 1.89 bits per heavy atom. The van der Waals surface area contributed by atoms with Gasteiger partial charge in [-0.05, 0) is 17.7 Å². The van der Waals surface area contributed by atoms with Crippen molar-refractivity contribution >= 4 is 40.7 Å². The predicted octanol–water partition coefficient (Wildman–Crippen LogP) is 2.11. The Labute approximate surface area is 113 Å².